The number of rotatable bonds is 1. The fourth-order valence-corrected chi connectivity index (χ4v) is 0. The zero-order valence-electron chi connectivity index (χ0n) is 29.4. The molecule has 0 atom stereocenters. The molecule has 228 valence electrons. The van der Waals surface area contributed by atoms with Gasteiger partial charge in [-0.15, -0.1) is 0 Å². The topological polar surface area (TPSA) is 0 Å². The van der Waals surface area contributed by atoms with Crippen LogP contribution in [0.25, 0.3) is 0 Å². The van der Waals surface area contributed by atoms with Crippen LogP contribution in [0.15, 0.2) is 0 Å². The Morgan fingerprint density at radius 2 is 0.290 bits per heavy atom. The van der Waals surface area contributed by atoms with Crippen LogP contribution in [-0.2, 0) is 0 Å². The highest BCUT2D eigenvalue weighted by Gasteiger charge is 1.56. The SMILES string of the molecule is C.C.C.C.C.CC.CC.CC.CC.CC.CC.CC.CC.CC.CC.CC.CCCC.[3HH].[3HH].[3H][3H].[3H][3H]. The molecule has 0 aromatic rings. The maximum Gasteiger partial charge on any atom is 0 e. The van der Waals surface area contributed by atoms with Gasteiger partial charge in [0.1, 0.15) is 0 Å². The van der Waals surface area contributed by atoms with Crippen LogP contribution in [0.4, 0.5) is 0 Å². The molecule has 0 aliphatic carbocycles. The first kappa shape index (κ1) is 109. The van der Waals surface area contributed by atoms with Crippen LogP contribution in [0.3, 0.4) is 0 Å². The Bertz CT molecular complexity index is 25.7. The summed E-state index contributed by atoms with van der Waals surface area (Å²) in [5.74, 6) is 0. The van der Waals surface area contributed by atoms with E-state index in [0.29, 0.717) is 0 Å². The van der Waals surface area contributed by atoms with Gasteiger partial charge < -0.3 is 0 Å². The predicted octanol–water partition coefficient (Wildman–Crippen LogP) is 17.3. The minimum absolute atomic E-state index is 0. The minimum atomic E-state index is 0. The van der Waals surface area contributed by atoms with Crippen molar-refractivity contribution in [3.8, 4) is 0 Å². The second-order valence-electron chi connectivity index (χ2n) is 1.000. The minimum Gasteiger partial charge on any atom is -0.0776 e. The molecule has 0 rings (SSSR count). The fraction of sp³-hybridized carbons (Fsp3) is 1.00. The first-order chi connectivity index (χ1) is 14.9. The first-order valence-corrected chi connectivity index (χ1v) is 12.9. The normalized spacial score (nSPS) is 3.61. The summed E-state index contributed by atoms with van der Waals surface area (Å²) in [6.07, 6.45) is 2.64. The van der Waals surface area contributed by atoms with E-state index in [-0.39, 0.29) is 40.0 Å². The average Bonchev–Trinajstić information content (AvgIpc) is 2.98. The fourth-order valence-electron chi connectivity index (χ4n) is 0. The van der Waals surface area contributed by atoms with Gasteiger partial charge in [-0.05, 0) is 0 Å². The van der Waals surface area contributed by atoms with E-state index < -0.39 is 0 Å². The summed E-state index contributed by atoms with van der Waals surface area (Å²) in [6.45, 7) is 48.4. The molecule has 0 saturated heterocycles. The van der Waals surface area contributed by atoms with Gasteiger partial charge in [-0.3, -0.25) is 0 Å². The standard InChI is InChI=1S/C4H10.11C2H6.5CH4.4H2/c1-3-4-2;11*1-2;;;;;;;;;/h3-4H2,1-2H3;11*1-2H3;5*1H4;4*1H/i;;;;;;;;;;;;;;;;;2*1+2T;2*1+2. The summed E-state index contributed by atoms with van der Waals surface area (Å²) < 4.78 is 20.0. The van der Waals surface area contributed by atoms with E-state index in [1.54, 1.807) is 0 Å². The highest BCUT2D eigenvalue weighted by Crippen LogP contribution is 1.76. The van der Waals surface area contributed by atoms with Gasteiger partial charge in [0.2, 0.25) is 0 Å². The molecule has 0 aromatic carbocycles. The van der Waals surface area contributed by atoms with Crippen LogP contribution >= 0.6 is 0 Å². The Morgan fingerprint density at radius 1 is 0.258 bits per heavy atom. The predicted molar refractivity (Wildman–Crippen MR) is 188 cm³/mol. The summed E-state index contributed by atoms with van der Waals surface area (Å²) in [6, 6.07) is 0. The molecule has 0 spiro atoms. The van der Waals surface area contributed by atoms with E-state index in [0.717, 1.165) is 0 Å². The maximum atomic E-state index is 5.00. The van der Waals surface area contributed by atoms with Crippen molar-refractivity contribution in [1.82, 2.24) is 0 Å². The molecule has 0 aliphatic rings. The Hall–Kier alpha value is 0. The Morgan fingerprint density at radius 3 is 0.290 bits per heavy atom. The molecule has 0 N–H and O–H groups in total. The van der Waals surface area contributed by atoms with Crippen LogP contribution in [0, 0.1) is 0 Å². The maximum absolute atomic E-state index is 5.00. The summed E-state index contributed by atoms with van der Waals surface area (Å²) in [4.78, 5) is 0. The second kappa shape index (κ2) is 6310. The number of unbranched alkanes of at least 4 members (excludes halogenated alkanes) is 1. The number of hydrogen-bond donors (Lipinski definition) is 0. The Balaban J connectivity index is -0.00000000389. The van der Waals surface area contributed by atoms with Gasteiger partial charge in [0.05, 0.1) is 0 Å². The third-order valence-corrected chi connectivity index (χ3v) is 0.500. The molecule has 0 unspecified atom stereocenters. The van der Waals surface area contributed by atoms with Crippen molar-refractivity contribution in [2.24, 2.45) is 0 Å². The smallest absolute Gasteiger partial charge is 0 e. The molecule has 0 heterocycles. The van der Waals surface area contributed by atoms with E-state index in [4.69, 9.17) is 5.94 Å². The van der Waals surface area contributed by atoms with E-state index in [2.05, 4.69) is 13.8 Å². The molecule has 0 heteroatoms. The monoisotopic (exact) mass is 489 g/mol. The van der Waals surface area contributed by atoms with Crippen LogP contribution in [0.5, 0.6) is 0 Å². The molecule has 0 nitrogen and oxygen atoms in total. The van der Waals surface area contributed by atoms with Crippen molar-refractivity contribution in [3.63, 3.8) is 0 Å². The van der Waals surface area contributed by atoms with Gasteiger partial charge in [0.15, 0.2) is 0 Å². The molecule has 0 saturated carbocycles. The van der Waals surface area contributed by atoms with E-state index in [1.165, 1.54) is 12.8 Å². The first-order valence-electron chi connectivity index (χ1n) is 14.9. The van der Waals surface area contributed by atoms with E-state index in [1.807, 2.05) is 152 Å². The lowest BCUT2D eigenvalue weighted by atomic mass is 10.4. The second-order valence-corrected chi connectivity index (χ2v) is 1.000. The number of hydrogen-bond acceptors (Lipinski definition) is 0. The van der Waals surface area contributed by atoms with Crippen molar-refractivity contribution in [3.05, 3.63) is 0 Å². The molecule has 0 bridgehead atoms. The van der Waals surface area contributed by atoms with Crippen LogP contribution in [-0.4, -0.2) is 0 Å². The van der Waals surface area contributed by atoms with Crippen molar-refractivity contribution < 1.29 is 8.79 Å². The highest BCUT2D eigenvalue weighted by atomic mass is 13.6. The quantitative estimate of drug-likeness (QED) is 0.344. The van der Waals surface area contributed by atoms with E-state index in [9.17, 15) is 0 Å². The Labute approximate surface area is 225 Å². The van der Waals surface area contributed by atoms with Gasteiger partial charge in [-0.2, -0.15) is 0 Å². The molecule has 0 amide bonds. The van der Waals surface area contributed by atoms with Crippen LogP contribution in [0.1, 0.15) is 225 Å². The van der Waals surface area contributed by atoms with Crippen LogP contribution in [0.2, 0.25) is 0 Å². The molecule has 31 heavy (non-hydrogen) atoms. The molecular weight excluding hydrogens is 372 g/mol. The van der Waals surface area contributed by atoms with E-state index >= 15 is 0 Å². The average molecular weight is 489 g/mol. The Kier molecular flexibility index (Phi) is 22200. The lowest BCUT2D eigenvalue weighted by molar-refractivity contribution is 0.886. The zero-order valence-corrected chi connectivity index (χ0v) is 25.4. The lowest BCUT2D eigenvalue weighted by Gasteiger charge is -1.68. The van der Waals surface area contributed by atoms with Crippen molar-refractivity contribution in [2.45, 2.75) is 216 Å². The van der Waals surface area contributed by atoms with Gasteiger partial charge in [-0.1, -0.05) is 216 Å². The molecule has 0 fully saturated rings. The summed E-state index contributed by atoms with van der Waals surface area (Å²) in [5.41, 5.74) is 0. The third kappa shape index (κ3) is 23500. The molecule has 0 aliphatic heterocycles. The van der Waals surface area contributed by atoms with Gasteiger partial charge >= 0.3 is 0 Å². The van der Waals surface area contributed by atoms with Gasteiger partial charge in [0, 0.05) is 8.79 Å². The summed E-state index contributed by atoms with van der Waals surface area (Å²) in [5, 5.41) is 0. The van der Waals surface area contributed by atoms with Crippen LogP contribution < -0.4 is 0 Å². The zero-order chi connectivity index (χ0) is 29.4. The summed E-state index contributed by atoms with van der Waals surface area (Å²) >= 11 is 0. The molecule has 0 aromatic heterocycles. The van der Waals surface area contributed by atoms with Gasteiger partial charge in [0.25, 0.3) is 0 Å². The van der Waals surface area contributed by atoms with Gasteiger partial charge in [-0.25, -0.2) is 0 Å². The molecule has 0 radical (unpaired) electrons. The van der Waals surface area contributed by atoms with Crippen molar-refractivity contribution >= 4 is 0 Å². The largest absolute Gasteiger partial charge is 0.0776 e. The molecular formula is C31H104. The highest BCUT2D eigenvalue weighted by molar-refractivity contribution is 4.12. The van der Waals surface area contributed by atoms with Crippen molar-refractivity contribution in [1.29, 1.82) is 0 Å². The van der Waals surface area contributed by atoms with Crippen molar-refractivity contribution in [2.75, 3.05) is 0 Å². The third-order valence-electron chi connectivity index (χ3n) is 0.500. The summed E-state index contributed by atoms with van der Waals surface area (Å²) in [7, 11) is 0. The lowest BCUT2D eigenvalue weighted by Crippen LogP contribution is -1.47.